The van der Waals surface area contributed by atoms with Crippen LogP contribution in [0.15, 0.2) is 12.3 Å². The van der Waals surface area contributed by atoms with Crippen LogP contribution < -0.4 is 0 Å². The summed E-state index contributed by atoms with van der Waals surface area (Å²) in [5.74, 6) is 1.22. The van der Waals surface area contributed by atoms with Gasteiger partial charge in [-0.3, -0.25) is 14.4 Å². The monoisotopic (exact) mass is 375 g/mol. The van der Waals surface area contributed by atoms with Gasteiger partial charge in [-0.2, -0.15) is 5.10 Å². The fraction of sp³-hybridized carbons (Fsp3) is 0.800. The molecule has 0 aromatic carbocycles. The molecule has 0 spiro atoms. The molecule has 3 fully saturated rings. The van der Waals surface area contributed by atoms with E-state index >= 15 is 0 Å². The Kier molecular flexibility index (Phi) is 5.53. The number of hydrogen-bond acceptors (Lipinski definition) is 5. The number of fused-ring (bicyclic) bond motifs is 1. The molecule has 2 saturated heterocycles. The molecule has 2 aliphatic heterocycles. The molecule has 1 amide bonds. The van der Waals surface area contributed by atoms with Crippen molar-refractivity contribution in [3.63, 3.8) is 0 Å². The van der Waals surface area contributed by atoms with Gasteiger partial charge in [-0.15, -0.1) is 0 Å². The first-order valence-electron chi connectivity index (χ1n) is 10.4. The Bertz CT molecular complexity index is 655. The minimum absolute atomic E-state index is 0.227. The summed E-state index contributed by atoms with van der Waals surface area (Å²) in [6, 6.07) is 2.23. The van der Waals surface area contributed by atoms with E-state index in [1.54, 1.807) is 6.20 Å². The third kappa shape index (κ3) is 4.05. The standard InChI is InChI=1S/C20H33N5O2/c1-15-3-5-21-25(15)6-4-20(27)24-13-16-11-18(19(26)12-17(16)14-24)23-9-7-22(2)8-10-23/h3,5,16-19,26H,4,6-14H2,1-2H3/t16-,17+,18-,19-/m1/s1. The van der Waals surface area contributed by atoms with Crippen molar-refractivity contribution < 1.29 is 9.90 Å². The van der Waals surface area contributed by atoms with Gasteiger partial charge in [-0.1, -0.05) is 0 Å². The highest BCUT2D eigenvalue weighted by molar-refractivity contribution is 5.76. The van der Waals surface area contributed by atoms with Gasteiger partial charge in [0.25, 0.3) is 0 Å². The number of rotatable bonds is 4. The van der Waals surface area contributed by atoms with E-state index in [-0.39, 0.29) is 18.1 Å². The Morgan fingerprint density at radius 3 is 2.56 bits per heavy atom. The summed E-state index contributed by atoms with van der Waals surface area (Å²) in [5, 5.41) is 15.0. The van der Waals surface area contributed by atoms with Gasteiger partial charge in [0, 0.05) is 70.2 Å². The molecule has 3 aliphatic rings. The van der Waals surface area contributed by atoms with Crippen LogP contribution in [-0.2, 0) is 11.3 Å². The summed E-state index contributed by atoms with van der Waals surface area (Å²) in [4.78, 5) is 19.6. The van der Waals surface area contributed by atoms with E-state index < -0.39 is 0 Å². The van der Waals surface area contributed by atoms with Crippen molar-refractivity contribution in [3.8, 4) is 0 Å². The van der Waals surface area contributed by atoms with Crippen molar-refractivity contribution in [3.05, 3.63) is 18.0 Å². The fourth-order valence-electron chi connectivity index (χ4n) is 5.15. The summed E-state index contributed by atoms with van der Waals surface area (Å²) in [7, 11) is 2.16. The van der Waals surface area contributed by atoms with Crippen LogP contribution >= 0.6 is 0 Å². The SMILES string of the molecule is Cc1ccnn1CCC(=O)N1C[C@H]2C[C@@H](N3CCN(C)CC3)[C@H](O)C[C@H]2C1. The van der Waals surface area contributed by atoms with E-state index in [9.17, 15) is 9.90 Å². The number of aromatic nitrogens is 2. The zero-order chi connectivity index (χ0) is 19.0. The van der Waals surface area contributed by atoms with Gasteiger partial charge in [0.1, 0.15) is 0 Å². The largest absolute Gasteiger partial charge is 0.391 e. The summed E-state index contributed by atoms with van der Waals surface area (Å²) < 4.78 is 1.90. The van der Waals surface area contributed by atoms with E-state index in [1.807, 2.05) is 22.6 Å². The van der Waals surface area contributed by atoms with Crippen LogP contribution in [0.4, 0.5) is 0 Å². The molecule has 4 rings (SSSR count). The Balaban J connectivity index is 1.31. The lowest BCUT2D eigenvalue weighted by atomic mass is 9.77. The Morgan fingerprint density at radius 2 is 1.89 bits per heavy atom. The van der Waals surface area contributed by atoms with Crippen molar-refractivity contribution in [1.82, 2.24) is 24.5 Å². The number of amides is 1. The van der Waals surface area contributed by atoms with Crippen LogP contribution in [0.2, 0.25) is 0 Å². The van der Waals surface area contributed by atoms with Crippen LogP contribution in [0.25, 0.3) is 0 Å². The van der Waals surface area contributed by atoms with E-state index in [4.69, 9.17) is 0 Å². The van der Waals surface area contributed by atoms with Gasteiger partial charge in [-0.25, -0.2) is 0 Å². The maximum atomic E-state index is 12.7. The zero-order valence-electron chi connectivity index (χ0n) is 16.6. The summed E-state index contributed by atoms with van der Waals surface area (Å²) in [6.45, 7) is 8.58. The van der Waals surface area contributed by atoms with Gasteiger partial charge < -0.3 is 14.9 Å². The smallest absolute Gasteiger partial charge is 0.224 e. The average Bonchev–Trinajstić information content (AvgIpc) is 3.25. The third-order valence-corrected chi connectivity index (χ3v) is 6.94. The highest BCUT2D eigenvalue weighted by Gasteiger charge is 2.44. The normalized spacial score (nSPS) is 32.6. The van der Waals surface area contributed by atoms with Crippen molar-refractivity contribution in [2.75, 3.05) is 46.3 Å². The first kappa shape index (κ1) is 18.9. The molecule has 0 bridgehead atoms. The molecule has 0 radical (unpaired) electrons. The number of aliphatic hydroxyl groups excluding tert-OH is 1. The molecule has 150 valence electrons. The topological polar surface area (TPSA) is 64.8 Å². The number of carbonyl (C=O) groups excluding carboxylic acids is 1. The lowest BCUT2D eigenvalue weighted by molar-refractivity contribution is -0.130. The Morgan fingerprint density at radius 1 is 1.19 bits per heavy atom. The second kappa shape index (κ2) is 7.89. The highest BCUT2D eigenvalue weighted by Crippen LogP contribution is 2.38. The van der Waals surface area contributed by atoms with E-state index in [0.29, 0.717) is 24.8 Å². The fourth-order valence-corrected chi connectivity index (χ4v) is 5.15. The van der Waals surface area contributed by atoms with Crippen LogP contribution in [0.1, 0.15) is 25.0 Å². The number of hydrogen-bond donors (Lipinski definition) is 1. The number of nitrogens with zero attached hydrogens (tertiary/aromatic N) is 5. The predicted octanol–water partition coefficient (Wildman–Crippen LogP) is 0.427. The van der Waals surface area contributed by atoms with E-state index in [2.05, 4.69) is 21.9 Å². The predicted molar refractivity (Wildman–Crippen MR) is 103 cm³/mol. The number of likely N-dealkylation sites (tertiary alicyclic amines) is 1. The second-order valence-corrected chi connectivity index (χ2v) is 8.71. The molecule has 1 saturated carbocycles. The van der Waals surface area contributed by atoms with E-state index in [1.165, 1.54) is 0 Å². The number of carbonyl (C=O) groups is 1. The molecule has 1 N–H and O–H groups in total. The van der Waals surface area contributed by atoms with Gasteiger partial charge in [-0.05, 0) is 44.7 Å². The van der Waals surface area contributed by atoms with E-state index in [0.717, 1.165) is 57.8 Å². The number of aryl methyl sites for hydroxylation is 2. The molecule has 7 nitrogen and oxygen atoms in total. The molecule has 4 atom stereocenters. The minimum atomic E-state index is -0.253. The van der Waals surface area contributed by atoms with Gasteiger partial charge >= 0.3 is 0 Å². The lowest BCUT2D eigenvalue weighted by Crippen LogP contribution is -2.55. The lowest BCUT2D eigenvalue weighted by Gasteiger charge is -2.44. The highest BCUT2D eigenvalue weighted by atomic mass is 16.3. The minimum Gasteiger partial charge on any atom is -0.391 e. The number of likely N-dealkylation sites (N-methyl/N-ethyl adjacent to an activating group) is 1. The van der Waals surface area contributed by atoms with Crippen molar-refractivity contribution >= 4 is 5.91 Å². The zero-order valence-corrected chi connectivity index (χ0v) is 16.6. The molecule has 3 heterocycles. The molecular formula is C20H33N5O2. The molecule has 27 heavy (non-hydrogen) atoms. The molecule has 0 unspecified atom stereocenters. The van der Waals surface area contributed by atoms with Gasteiger partial charge in [0.2, 0.25) is 5.91 Å². The van der Waals surface area contributed by atoms with Crippen molar-refractivity contribution in [2.24, 2.45) is 11.8 Å². The van der Waals surface area contributed by atoms with Crippen LogP contribution in [0.5, 0.6) is 0 Å². The first-order chi connectivity index (χ1) is 13.0. The van der Waals surface area contributed by atoms with Crippen LogP contribution in [0, 0.1) is 18.8 Å². The summed E-state index contributed by atoms with van der Waals surface area (Å²) in [5.41, 5.74) is 1.09. The number of aliphatic hydroxyl groups is 1. The van der Waals surface area contributed by atoms with Gasteiger partial charge in [0.15, 0.2) is 0 Å². The Labute approximate surface area is 161 Å². The summed E-state index contributed by atoms with van der Waals surface area (Å²) in [6.07, 6.45) is 3.90. The summed E-state index contributed by atoms with van der Waals surface area (Å²) >= 11 is 0. The Hall–Kier alpha value is -1.44. The maximum absolute atomic E-state index is 12.7. The van der Waals surface area contributed by atoms with Crippen LogP contribution in [0.3, 0.4) is 0 Å². The molecule has 1 aromatic rings. The molecular weight excluding hydrogens is 342 g/mol. The maximum Gasteiger partial charge on any atom is 0.224 e. The second-order valence-electron chi connectivity index (χ2n) is 8.71. The van der Waals surface area contributed by atoms with Crippen molar-refractivity contribution in [2.45, 2.75) is 44.9 Å². The first-order valence-corrected chi connectivity index (χ1v) is 10.4. The molecule has 1 aliphatic carbocycles. The van der Waals surface area contributed by atoms with Gasteiger partial charge in [0.05, 0.1) is 6.10 Å². The molecule has 7 heteroatoms. The van der Waals surface area contributed by atoms with Crippen LogP contribution in [-0.4, -0.2) is 94.0 Å². The van der Waals surface area contributed by atoms with Crippen molar-refractivity contribution in [1.29, 1.82) is 0 Å². The quantitative estimate of drug-likeness (QED) is 0.827. The average molecular weight is 376 g/mol. The molecule has 1 aromatic heterocycles. The number of piperazine rings is 1. The third-order valence-electron chi connectivity index (χ3n) is 6.94.